The van der Waals surface area contributed by atoms with Gasteiger partial charge in [-0.2, -0.15) is 0 Å². The number of anilines is 1. The maximum atomic E-state index is 12.3. The third kappa shape index (κ3) is 2.81. The SMILES string of the molecule is Cc1ccccc1C1CC1C(=O)Nc1cnccc1CO. The fourth-order valence-corrected chi connectivity index (χ4v) is 2.73. The van der Waals surface area contributed by atoms with E-state index in [1.54, 1.807) is 18.5 Å². The summed E-state index contributed by atoms with van der Waals surface area (Å²) >= 11 is 0. The van der Waals surface area contributed by atoms with Crippen molar-refractivity contribution in [3.8, 4) is 0 Å². The summed E-state index contributed by atoms with van der Waals surface area (Å²) in [5, 5.41) is 12.2. The van der Waals surface area contributed by atoms with Gasteiger partial charge in [-0.1, -0.05) is 24.3 Å². The first-order valence-electron chi connectivity index (χ1n) is 7.11. The summed E-state index contributed by atoms with van der Waals surface area (Å²) < 4.78 is 0. The lowest BCUT2D eigenvalue weighted by atomic mass is 10.0. The van der Waals surface area contributed by atoms with Gasteiger partial charge in [0.05, 0.1) is 18.5 Å². The first kappa shape index (κ1) is 13.8. The molecule has 2 unspecified atom stereocenters. The lowest BCUT2D eigenvalue weighted by Gasteiger charge is -2.09. The Balaban J connectivity index is 1.70. The smallest absolute Gasteiger partial charge is 0.228 e. The number of benzene rings is 1. The molecule has 1 aliphatic carbocycles. The van der Waals surface area contributed by atoms with Crippen LogP contribution in [0.2, 0.25) is 0 Å². The Morgan fingerprint density at radius 1 is 1.38 bits per heavy atom. The number of rotatable bonds is 4. The molecule has 2 atom stereocenters. The first-order valence-corrected chi connectivity index (χ1v) is 7.11. The van der Waals surface area contributed by atoms with Crippen LogP contribution in [0.25, 0.3) is 0 Å². The molecule has 0 saturated heterocycles. The first-order chi connectivity index (χ1) is 10.2. The highest BCUT2D eigenvalue weighted by Crippen LogP contribution is 2.49. The zero-order valence-corrected chi connectivity index (χ0v) is 11.9. The number of nitrogens with zero attached hydrogens (tertiary/aromatic N) is 1. The Hall–Kier alpha value is -2.20. The zero-order chi connectivity index (χ0) is 14.8. The number of hydrogen-bond acceptors (Lipinski definition) is 3. The number of aliphatic hydroxyl groups is 1. The number of aromatic nitrogens is 1. The molecule has 2 aromatic rings. The molecule has 0 bridgehead atoms. The molecule has 1 aromatic carbocycles. The minimum Gasteiger partial charge on any atom is -0.392 e. The standard InChI is InChI=1S/C17H18N2O2/c1-11-4-2-3-5-13(11)14-8-15(14)17(21)19-16-9-18-7-6-12(16)10-20/h2-7,9,14-15,20H,8,10H2,1H3,(H,19,21). The number of hydrogen-bond donors (Lipinski definition) is 2. The molecule has 1 aromatic heterocycles. The van der Waals surface area contributed by atoms with Crippen molar-refractivity contribution in [2.75, 3.05) is 5.32 Å². The van der Waals surface area contributed by atoms with Crippen LogP contribution >= 0.6 is 0 Å². The molecule has 108 valence electrons. The van der Waals surface area contributed by atoms with Gasteiger partial charge in [-0.05, 0) is 36.5 Å². The fraction of sp³-hybridized carbons (Fsp3) is 0.294. The number of aliphatic hydroxyl groups excluding tert-OH is 1. The average Bonchev–Trinajstić information content (AvgIpc) is 3.29. The maximum absolute atomic E-state index is 12.3. The monoisotopic (exact) mass is 282 g/mol. The quantitative estimate of drug-likeness (QED) is 0.906. The van der Waals surface area contributed by atoms with E-state index in [4.69, 9.17) is 0 Å². The Morgan fingerprint density at radius 3 is 2.95 bits per heavy atom. The second-order valence-electron chi connectivity index (χ2n) is 5.49. The van der Waals surface area contributed by atoms with E-state index in [1.807, 2.05) is 12.1 Å². The predicted molar refractivity (Wildman–Crippen MR) is 80.8 cm³/mol. The molecule has 4 nitrogen and oxygen atoms in total. The molecule has 1 heterocycles. The number of nitrogens with one attached hydrogen (secondary N) is 1. The van der Waals surface area contributed by atoms with Crippen LogP contribution < -0.4 is 5.32 Å². The van der Waals surface area contributed by atoms with E-state index < -0.39 is 0 Å². The van der Waals surface area contributed by atoms with Gasteiger partial charge < -0.3 is 10.4 Å². The average molecular weight is 282 g/mol. The van der Waals surface area contributed by atoms with Crippen molar-refractivity contribution in [3.05, 3.63) is 59.4 Å². The van der Waals surface area contributed by atoms with Gasteiger partial charge in [0.25, 0.3) is 0 Å². The molecule has 2 N–H and O–H groups in total. The molecule has 4 heteroatoms. The van der Waals surface area contributed by atoms with Crippen molar-refractivity contribution in [2.24, 2.45) is 5.92 Å². The summed E-state index contributed by atoms with van der Waals surface area (Å²) in [6.07, 6.45) is 4.06. The van der Waals surface area contributed by atoms with Crippen LogP contribution in [0.1, 0.15) is 29.0 Å². The molecule has 3 rings (SSSR count). The molecular formula is C17H18N2O2. The van der Waals surface area contributed by atoms with Crippen LogP contribution in [0.4, 0.5) is 5.69 Å². The fourth-order valence-electron chi connectivity index (χ4n) is 2.73. The van der Waals surface area contributed by atoms with Gasteiger partial charge in [-0.3, -0.25) is 9.78 Å². The predicted octanol–water partition coefficient (Wildman–Crippen LogP) is 2.62. The molecule has 0 radical (unpaired) electrons. The molecule has 1 amide bonds. The van der Waals surface area contributed by atoms with Crippen molar-refractivity contribution >= 4 is 11.6 Å². The van der Waals surface area contributed by atoms with Crippen molar-refractivity contribution in [2.45, 2.75) is 25.9 Å². The van der Waals surface area contributed by atoms with E-state index in [0.717, 1.165) is 6.42 Å². The highest BCUT2D eigenvalue weighted by atomic mass is 16.3. The lowest BCUT2D eigenvalue weighted by Crippen LogP contribution is -2.16. The molecule has 21 heavy (non-hydrogen) atoms. The van der Waals surface area contributed by atoms with Crippen molar-refractivity contribution in [1.82, 2.24) is 4.98 Å². The van der Waals surface area contributed by atoms with Crippen LogP contribution in [-0.4, -0.2) is 16.0 Å². The molecule has 1 fully saturated rings. The van der Waals surface area contributed by atoms with Crippen LogP contribution in [-0.2, 0) is 11.4 Å². The van der Waals surface area contributed by atoms with E-state index in [2.05, 4.69) is 29.4 Å². The maximum Gasteiger partial charge on any atom is 0.228 e. The van der Waals surface area contributed by atoms with Gasteiger partial charge in [0.2, 0.25) is 5.91 Å². The van der Waals surface area contributed by atoms with Crippen LogP contribution in [0.15, 0.2) is 42.7 Å². The van der Waals surface area contributed by atoms with Crippen LogP contribution in [0.3, 0.4) is 0 Å². The summed E-state index contributed by atoms with van der Waals surface area (Å²) in [6.45, 7) is 1.97. The normalized spacial score (nSPS) is 20.1. The van der Waals surface area contributed by atoms with Crippen molar-refractivity contribution in [3.63, 3.8) is 0 Å². The van der Waals surface area contributed by atoms with Gasteiger partial charge in [-0.25, -0.2) is 0 Å². The highest BCUT2D eigenvalue weighted by molar-refractivity contribution is 5.95. The second-order valence-corrected chi connectivity index (χ2v) is 5.49. The number of aryl methyl sites for hydroxylation is 1. The Kier molecular flexibility index (Phi) is 3.71. The van der Waals surface area contributed by atoms with Gasteiger partial charge in [0.1, 0.15) is 0 Å². The second kappa shape index (κ2) is 5.66. The number of carbonyl (C=O) groups is 1. The topological polar surface area (TPSA) is 62.2 Å². The molecule has 1 saturated carbocycles. The third-order valence-corrected chi connectivity index (χ3v) is 4.05. The molecule has 0 aliphatic heterocycles. The molecule has 0 spiro atoms. The molecule has 1 aliphatic rings. The van der Waals surface area contributed by atoms with Crippen LogP contribution in [0.5, 0.6) is 0 Å². The highest BCUT2D eigenvalue weighted by Gasteiger charge is 2.44. The summed E-state index contributed by atoms with van der Waals surface area (Å²) in [5.74, 6) is 0.323. The Bertz CT molecular complexity index is 669. The van der Waals surface area contributed by atoms with Gasteiger partial charge in [0.15, 0.2) is 0 Å². The summed E-state index contributed by atoms with van der Waals surface area (Å²) in [7, 11) is 0. The third-order valence-electron chi connectivity index (χ3n) is 4.05. The van der Waals surface area contributed by atoms with Crippen molar-refractivity contribution < 1.29 is 9.90 Å². The summed E-state index contributed by atoms with van der Waals surface area (Å²) in [5.41, 5.74) is 3.77. The summed E-state index contributed by atoms with van der Waals surface area (Å²) in [6, 6.07) is 9.91. The van der Waals surface area contributed by atoms with Gasteiger partial charge in [0, 0.05) is 17.7 Å². The Labute approximate surface area is 123 Å². The van der Waals surface area contributed by atoms with Gasteiger partial charge >= 0.3 is 0 Å². The van der Waals surface area contributed by atoms with E-state index in [1.165, 1.54) is 11.1 Å². The van der Waals surface area contributed by atoms with E-state index in [9.17, 15) is 9.90 Å². The van der Waals surface area contributed by atoms with E-state index in [0.29, 0.717) is 17.2 Å². The zero-order valence-electron chi connectivity index (χ0n) is 11.9. The van der Waals surface area contributed by atoms with E-state index in [-0.39, 0.29) is 18.4 Å². The van der Waals surface area contributed by atoms with E-state index >= 15 is 0 Å². The number of pyridine rings is 1. The largest absolute Gasteiger partial charge is 0.392 e. The number of carbonyl (C=O) groups excluding carboxylic acids is 1. The Morgan fingerprint density at radius 2 is 2.19 bits per heavy atom. The van der Waals surface area contributed by atoms with Crippen molar-refractivity contribution in [1.29, 1.82) is 0 Å². The lowest BCUT2D eigenvalue weighted by molar-refractivity contribution is -0.117. The molecular weight excluding hydrogens is 264 g/mol. The van der Waals surface area contributed by atoms with Gasteiger partial charge in [-0.15, -0.1) is 0 Å². The minimum atomic E-state index is -0.107. The number of amides is 1. The summed E-state index contributed by atoms with van der Waals surface area (Å²) in [4.78, 5) is 16.3. The van der Waals surface area contributed by atoms with Crippen LogP contribution in [0, 0.1) is 12.8 Å². The minimum absolute atomic E-state index is 0.00551.